The van der Waals surface area contributed by atoms with Gasteiger partial charge in [0, 0.05) is 25.8 Å². The molecule has 0 aromatic heterocycles. The zero-order chi connectivity index (χ0) is 15.1. The Morgan fingerprint density at radius 3 is 3.10 bits per heavy atom. The summed E-state index contributed by atoms with van der Waals surface area (Å²) in [6.07, 6.45) is 2.36. The van der Waals surface area contributed by atoms with E-state index >= 15 is 0 Å². The van der Waals surface area contributed by atoms with Crippen LogP contribution in [0.1, 0.15) is 24.0 Å². The molecule has 0 amide bonds. The second-order valence-corrected chi connectivity index (χ2v) is 5.46. The third kappa shape index (κ3) is 4.82. The van der Waals surface area contributed by atoms with E-state index in [1.165, 1.54) is 18.6 Å². The number of ether oxygens (including phenoxy) is 1. The van der Waals surface area contributed by atoms with Crippen molar-refractivity contribution >= 4 is 0 Å². The normalized spacial score (nSPS) is 19.1. The van der Waals surface area contributed by atoms with Crippen molar-refractivity contribution in [2.75, 3.05) is 33.4 Å². The Morgan fingerprint density at radius 1 is 1.48 bits per heavy atom. The van der Waals surface area contributed by atoms with Crippen molar-refractivity contribution in [2.45, 2.75) is 19.4 Å². The van der Waals surface area contributed by atoms with E-state index < -0.39 is 0 Å². The van der Waals surface area contributed by atoms with Gasteiger partial charge in [-0.1, -0.05) is 17.9 Å². The van der Waals surface area contributed by atoms with Crippen LogP contribution in [0.25, 0.3) is 0 Å². The molecule has 1 aliphatic rings. The summed E-state index contributed by atoms with van der Waals surface area (Å²) in [6, 6.07) is 4.70. The van der Waals surface area contributed by atoms with Crippen molar-refractivity contribution in [1.82, 2.24) is 4.90 Å². The van der Waals surface area contributed by atoms with Crippen LogP contribution < -0.4 is 0 Å². The number of aliphatic hydroxyl groups is 1. The summed E-state index contributed by atoms with van der Waals surface area (Å²) in [5.41, 5.74) is 1.67. The minimum Gasteiger partial charge on any atom is -0.384 e. The van der Waals surface area contributed by atoms with Gasteiger partial charge in [-0.2, -0.15) is 0 Å². The number of rotatable bonds is 4. The Labute approximate surface area is 125 Å². The summed E-state index contributed by atoms with van der Waals surface area (Å²) in [7, 11) is 1.74. The summed E-state index contributed by atoms with van der Waals surface area (Å²) in [5, 5.41) is 8.81. The summed E-state index contributed by atoms with van der Waals surface area (Å²) in [5.74, 6) is 5.71. The topological polar surface area (TPSA) is 32.7 Å². The molecule has 1 aromatic carbocycles. The number of hydrogen-bond acceptors (Lipinski definition) is 3. The van der Waals surface area contributed by atoms with E-state index in [4.69, 9.17) is 9.84 Å². The molecule has 1 aromatic rings. The lowest BCUT2D eigenvalue weighted by molar-refractivity contribution is 0.0873. The Bertz CT molecular complexity index is 519. The maximum atomic E-state index is 13.4. The molecule has 1 fully saturated rings. The monoisotopic (exact) mass is 291 g/mol. The van der Waals surface area contributed by atoms with E-state index in [0.29, 0.717) is 11.5 Å². The van der Waals surface area contributed by atoms with Crippen molar-refractivity contribution in [3.63, 3.8) is 0 Å². The molecule has 1 aliphatic heterocycles. The molecule has 0 aliphatic carbocycles. The number of likely N-dealkylation sites (tertiary alicyclic amines) is 1. The molecular weight excluding hydrogens is 269 g/mol. The number of nitrogens with zero attached hydrogens (tertiary/aromatic N) is 1. The van der Waals surface area contributed by atoms with Gasteiger partial charge in [-0.05, 0) is 43.0 Å². The van der Waals surface area contributed by atoms with Crippen LogP contribution in [0.5, 0.6) is 0 Å². The highest BCUT2D eigenvalue weighted by atomic mass is 19.1. The number of benzene rings is 1. The zero-order valence-corrected chi connectivity index (χ0v) is 12.4. The lowest BCUT2D eigenvalue weighted by atomic mass is 9.98. The standard InChI is InChI=1S/C17H22FNO2/c1-21-13-14-4-2-8-19(11-14)12-16-6-7-17(18)10-15(16)5-3-9-20/h6-7,10,14,20H,2,4,8-9,11-13H2,1H3. The van der Waals surface area contributed by atoms with Crippen LogP contribution in [0, 0.1) is 23.6 Å². The summed E-state index contributed by atoms with van der Waals surface area (Å²) in [4.78, 5) is 2.37. The molecule has 0 saturated carbocycles. The molecule has 1 unspecified atom stereocenters. The van der Waals surface area contributed by atoms with Gasteiger partial charge >= 0.3 is 0 Å². The van der Waals surface area contributed by atoms with Crippen LogP contribution in [-0.2, 0) is 11.3 Å². The first-order chi connectivity index (χ1) is 10.2. The first kappa shape index (κ1) is 16.0. The maximum Gasteiger partial charge on any atom is 0.124 e. The van der Waals surface area contributed by atoms with Gasteiger partial charge in [-0.15, -0.1) is 0 Å². The molecule has 114 valence electrons. The van der Waals surface area contributed by atoms with Crippen LogP contribution in [0.4, 0.5) is 4.39 Å². The van der Waals surface area contributed by atoms with Crippen LogP contribution in [0.15, 0.2) is 18.2 Å². The van der Waals surface area contributed by atoms with Gasteiger partial charge in [-0.25, -0.2) is 4.39 Å². The Kier molecular flexibility index (Phi) is 6.19. The summed E-state index contributed by atoms with van der Waals surface area (Å²) < 4.78 is 18.6. The summed E-state index contributed by atoms with van der Waals surface area (Å²) in [6.45, 7) is 3.38. The molecule has 1 N–H and O–H groups in total. The number of aliphatic hydroxyl groups excluding tert-OH is 1. The molecule has 1 heterocycles. The van der Waals surface area contributed by atoms with Crippen molar-refractivity contribution in [3.05, 3.63) is 35.1 Å². The second-order valence-electron chi connectivity index (χ2n) is 5.46. The minimum absolute atomic E-state index is 0.213. The fourth-order valence-electron chi connectivity index (χ4n) is 2.85. The molecule has 1 saturated heterocycles. The van der Waals surface area contributed by atoms with E-state index in [1.54, 1.807) is 13.2 Å². The van der Waals surface area contributed by atoms with E-state index in [2.05, 4.69) is 16.7 Å². The fraction of sp³-hybridized carbons (Fsp3) is 0.529. The smallest absolute Gasteiger partial charge is 0.124 e. The predicted molar refractivity (Wildman–Crippen MR) is 80.2 cm³/mol. The zero-order valence-electron chi connectivity index (χ0n) is 12.4. The molecule has 0 radical (unpaired) electrons. The lowest BCUT2D eigenvalue weighted by Crippen LogP contribution is -2.36. The van der Waals surface area contributed by atoms with Gasteiger partial charge in [0.1, 0.15) is 12.4 Å². The third-order valence-electron chi connectivity index (χ3n) is 3.77. The van der Waals surface area contributed by atoms with Crippen molar-refractivity contribution in [1.29, 1.82) is 0 Å². The van der Waals surface area contributed by atoms with E-state index in [9.17, 15) is 4.39 Å². The minimum atomic E-state index is -0.295. The van der Waals surface area contributed by atoms with Crippen LogP contribution in [0.2, 0.25) is 0 Å². The second kappa shape index (κ2) is 8.14. The molecule has 0 bridgehead atoms. The Morgan fingerprint density at radius 2 is 2.33 bits per heavy atom. The Balaban J connectivity index is 2.08. The molecule has 1 atom stereocenters. The fourth-order valence-corrected chi connectivity index (χ4v) is 2.85. The van der Waals surface area contributed by atoms with E-state index in [1.807, 2.05) is 0 Å². The van der Waals surface area contributed by atoms with Crippen LogP contribution in [0.3, 0.4) is 0 Å². The molecule has 2 rings (SSSR count). The highest BCUT2D eigenvalue weighted by Crippen LogP contribution is 2.20. The van der Waals surface area contributed by atoms with Crippen LogP contribution >= 0.6 is 0 Å². The predicted octanol–water partition coefficient (Wildman–Crippen LogP) is 2.03. The lowest BCUT2D eigenvalue weighted by Gasteiger charge is -2.32. The Hall–Kier alpha value is -1.41. The average Bonchev–Trinajstić information content (AvgIpc) is 2.48. The van der Waals surface area contributed by atoms with Gasteiger partial charge in [0.25, 0.3) is 0 Å². The van der Waals surface area contributed by atoms with E-state index in [-0.39, 0.29) is 12.4 Å². The van der Waals surface area contributed by atoms with E-state index in [0.717, 1.165) is 38.2 Å². The molecule has 0 spiro atoms. The van der Waals surface area contributed by atoms with Gasteiger partial charge in [0.15, 0.2) is 0 Å². The molecular formula is C17H22FNO2. The van der Waals surface area contributed by atoms with Gasteiger partial charge < -0.3 is 9.84 Å². The molecule has 3 nitrogen and oxygen atoms in total. The van der Waals surface area contributed by atoms with Gasteiger partial charge in [-0.3, -0.25) is 4.90 Å². The molecule has 4 heteroatoms. The number of hydrogen-bond donors (Lipinski definition) is 1. The SMILES string of the molecule is COCC1CCCN(Cc2ccc(F)cc2C#CCO)C1. The van der Waals surface area contributed by atoms with Crippen molar-refractivity contribution in [2.24, 2.45) is 5.92 Å². The average molecular weight is 291 g/mol. The number of methoxy groups -OCH3 is 1. The largest absolute Gasteiger partial charge is 0.384 e. The number of piperidine rings is 1. The maximum absolute atomic E-state index is 13.4. The highest BCUT2D eigenvalue weighted by Gasteiger charge is 2.20. The molecule has 21 heavy (non-hydrogen) atoms. The van der Waals surface area contributed by atoms with Crippen LogP contribution in [-0.4, -0.2) is 43.4 Å². The first-order valence-corrected chi connectivity index (χ1v) is 7.32. The third-order valence-corrected chi connectivity index (χ3v) is 3.77. The van der Waals surface area contributed by atoms with Gasteiger partial charge in [0.05, 0.1) is 6.61 Å². The summed E-state index contributed by atoms with van der Waals surface area (Å²) >= 11 is 0. The first-order valence-electron chi connectivity index (χ1n) is 7.32. The quantitative estimate of drug-likeness (QED) is 0.862. The number of halogens is 1. The van der Waals surface area contributed by atoms with Crippen molar-refractivity contribution < 1.29 is 14.2 Å². The highest BCUT2D eigenvalue weighted by molar-refractivity contribution is 5.41. The van der Waals surface area contributed by atoms with Crippen molar-refractivity contribution in [3.8, 4) is 11.8 Å². The van der Waals surface area contributed by atoms with Gasteiger partial charge in [0.2, 0.25) is 0 Å².